The lowest BCUT2D eigenvalue weighted by Gasteiger charge is -2.22. The summed E-state index contributed by atoms with van der Waals surface area (Å²) in [5, 5.41) is 10.8. The van der Waals surface area contributed by atoms with Gasteiger partial charge in [-0.05, 0) is 23.8 Å². The molecule has 0 radical (unpaired) electrons. The molecule has 0 saturated heterocycles. The van der Waals surface area contributed by atoms with E-state index in [4.69, 9.17) is 5.11 Å². The summed E-state index contributed by atoms with van der Waals surface area (Å²) in [4.78, 5) is 25.3. The van der Waals surface area contributed by atoms with Crippen LogP contribution in [0.15, 0.2) is 17.5 Å². The molecule has 5 heteroatoms. The van der Waals surface area contributed by atoms with E-state index in [1.54, 1.807) is 11.3 Å². The molecule has 0 atom stereocenters. The van der Waals surface area contributed by atoms with Gasteiger partial charge in [-0.3, -0.25) is 9.59 Å². The van der Waals surface area contributed by atoms with Crippen molar-refractivity contribution in [2.45, 2.75) is 26.7 Å². The second kappa shape index (κ2) is 7.16. The van der Waals surface area contributed by atoms with Crippen molar-refractivity contribution in [2.75, 3.05) is 13.1 Å². The lowest BCUT2D eigenvalue weighted by atomic mass is 10.2. The lowest BCUT2D eigenvalue weighted by molar-refractivity contribution is -0.144. The van der Waals surface area contributed by atoms with Gasteiger partial charge in [-0.1, -0.05) is 19.9 Å². The van der Waals surface area contributed by atoms with Crippen LogP contribution in [0.5, 0.6) is 0 Å². The van der Waals surface area contributed by atoms with E-state index in [2.05, 4.69) is 0 Å². The number of amides is 1. The first-order valence-corrected chi connectivity index (χ1v) is 6.89. The van der Waals surface area contributed by atoms with Gasteiger partial charge in [0.25, 0.3) is 0 Å². The van der Waals surface area contributed by atoms with E-state index in [1.807, 2.05) is 31.4 Å². The zero-order valence-corrected chi connectivity index (χ0v) is 11.6. The van der Waals surface area contributed by atoms with Gasteiger partial charge in [-0.15, -0.1) is 11.3 Å². The molecule has 100 valence electrons. The Labute approximate surface area is 111 Å². The third-order valence-electron chi connectivity index (χ3n) is 2.43. The molecule has 18 heavy (non-hydrogen) atoms. The van der Waals surface area contributed by atoms with Crippen LogP contribution < -0.4 is 0 Å². The first-order valence-electron chi connectivity index (χ1n) is 6.01. The van der Waals surface area contributed by atoms with Crippen LogP contribution in [0, 0.1) is 5.92 Å². The minimum Gasteiger partial charge on any atom is -0.480 e. The number of carboxylic acids is 1. The number of rotatable bonds is 7. The molecule has 1 aromatic heterocycles. The number of aryl methyl sites for hydroxylation is 1. The van der Waals surface area contributed by atoms with E-state index in [1.165, 1.54) is 4.90 Å². The molecule has 0 bridgehead atoms. The zero-order chi connectivity index (χ0) is 13.5. The monoisotopic (exact) mass is 269 g/mol. The number of carbonyl (C=O) groups excluding carboxylic acids is 1. The minimum atomic E-state index is -0.958. The summed E-state index contributed by atoms with van der Waals surface area (Å²) in [5.74, 6) is -0.769. The highest BCUT2D eigenvalue weighted by molar-refractivity contribution is 7.09. The maximum Gasteiger partial charge on any atom is 0.323 e. The van der Waals surface area contributed by atoms with Crippen molar-refractivity contribution >= 4 is 23.2 Å². The highest BCUT2D eigenvalue weighted by Gasteiger charge is 2.17. The Morgan fingerprint density at radius 1 is 1.44 bits per heavy atom. The van der Waals surface area contributed by atoms with Crippen LogP contribution >= 0.6 is 11.3 Å². The zero-order valence-electron chi connectivity index (χ0n) is 10.8. The maximum absolute atomic E-state index is 12.0. The Morgan fingerprint density at radius 2 is 2.17 bits per heavy atom. The molecule has 1 rings (SSSR count). The number of thiophene rings is 1. The molecule has 0 aliphatic carbocycles. The number of hydrogen-bond donors (Lipinski definition) is 1. The van der Waals surface area contributed by atoms with Gasteiger partial charge < -0.3 is 10.0 Å². The van der Waals surface area contributed by atoms with Gasteiger partial charge in [0.05, 0.1) is 0 Å². The van der Waals surface area contributed by atoms with Crippen molar-refractivity contribution in [1.82, 2.24) is 4.90 Å². The quantitative estimate of drug-likeness (QED) is 0.826. The largest absolute Gasteiger partial charge is 0.480 e. The minimum absolute atomic E-state index is 0.0838. The van der Waals surface area contributed by atoms with Gasteiger partial charge in [0.2, 0.25) is 5.91 Å². The Morgan fingerprint density at radius 3 is 2.67 bits per heavy atom. The number of hydrogen-bond acceptors (Lipinski definition) is 3. The predicted molar refractivity (Wildman–Crippen MR) is 71.7 cm³/mol. The van der Waals surface area contributed by atoms with Gasteiger partial charge in [-0.2, -0.15) is 0 Å². The standard InChI is InChI=1S/C13H19NO3S/c1-10(2)8-14(9-13(16)17)12(15)6-5-11-4-3-7-18-11/h3-4,7,10H,5-6,8-9H2,1-2H3,(H,16,17). The summed E-state index contributed by atoms with van der Waals surface area (Å²) in [5.41, 5.74) is 0. The normalized spacial score (nSPS) is 10.6. The Bertz CT molecular complexity index is 387. The van der Waals surface area contributed by atoms with Crippen molar-refractivity contribution in [3.63, 3.8) is 0 Å². The number of carboxylic acid groups (broad SMARTS) is 1. The summed E-state index contributed by atoms with van der Waals surface area (Å²) >= 11 is 1.62. The maximum atomic E-state index is 12.0. The summed E-state index contributed by atoms with van der Waals surface area (Å²) in [7, 11) is 0. The predicted octanol–water partition coefficient (Wildman–Crippen LogP) is 2.25. The molecule has 0 fully saturated rings. The molecule has 1 aromatic rings. The van der Waals surface area contributed by atoms with Crippen LogP contribution in [0.3, 0.4) is 0 Å². The van der Waals surface area contributed by atoms with Crippen LogP contribution in [0.4, 0.5) is 0 Å². The Kier molecular flexibility index (Phi) is 5.85. The Balaban J connectivity index is 2.50. The number of aliphatic carboxylic acids is 1. The second-order valence-electron chi connectivity index (χ2n) is 4.64. The van der Waals surface area contributed by atoms with Gasteiger partial charge in [0.15, 0.2) is 0 Å². The molecule has 0 aliphatic heterocycles. The SMILES string of the molecule is CC(C)CN(CC(=O)O)C(=O)CCc1cccs1. The smallest absolute Gasteiger partial charge is 0.323 e. The Hall–Kier alpha value is -1.36. The summed E-state index contributed by atoms with van der Waals surface area (Å²) in [6, 6.07) is 3.94. The molecule has 0 saturated carbocycles. The van der Waals surface area contributed by atoms with Crippen LogP contribution in [-0.2, 0) is 16.0 Å². The lowest BCUT2D eigenvalue weighted by Crippen LogP contribution is -2.38. The number of nitrogens with zero attached hydrogens (tertiary/aromatic N) is 1. The highest BCUT2D eigenvalue weighted by atomic mass is 32.1. The first kappa shape index (κ1) is 14.7. The van der Waals surface area contributed by atoms with E-state index >= 15 is 0 Å². The topological polar surface area (TPSA) is 57.6 Å². The third kappa shape index (κ3) is 5.31. The fourth-order valence-electron chi connectivity index (χ4n) is 1.70. The van der Waals surface area contributed by atoms with Crippen LogP contribution in [-0.4, -0.2) is 35.0 Å². The van der Waals surface area contributed by atoms with Crippen molar-refractivity contribution < 1.29 is 14.7 Å². The molecule has 0 unspecified atom stereocenters. The molecule has 1 N–H and O–H groups in total. The average Bonchev–Trinajstić information content (AvgIpc) is 2.76. The number of carbonyl (C=O) groups is 2. The van der Waals surface area contributed by atoms with Crippen LogP contribution in [0.2, 0.25) is 0 Å². The molecule has 0 spiro atoms. The van der Waals surface area contributed by atoms with E-state index in [0.29, 0.717) is 19.4 Å². The summed E-state index contributed by atoms with van der Waals surface area (Å²) < 4.78 is 0. The molecular formula is C13H19NO3S. The van der Waals surface area contributed by atoms with Crippen molar-refractivity contribution in [2.24, 2.45) is 5.92 Å². The first-order chi connectivity index (χ1) is 8.49. The van der Waals surface area contributed by atoms with Crippen molar-refractivity contribution in [1.29, 1.82) is 0 Å². The van der Waals surface area contributed by atoms with Gasteiger partial charge in [-0.25, -0.2) is 0 Å². The highest BCUT2D eigenvalue weighted by Crippen LogP contribution is 2.12. The van der Waals surface area contributed by atoms with Crippen LogP contribution in [0.1, 0.15) is 25.1 Å². The molecule has 1 amide bonds. The fraction of sp³-hybridized carbons (Fsp3) is 0.538. The van der Waals surface area contributed by atoms with Gasteiger partial charge in [0.1, 0.15) is 6.54 Å². The van der Waals surface area contributed by atoms with Crippen molar-refractivity contribution in [3.05, 3.63) is 22.4 Å². The van der Waals surface area contributed by atoms with E-state index in [-0.39, 0.29) is 18.4 Å². The van der Waals surface area contributed by atoms with Gasteiger partial charge >= 0.3 is 5.97 Å². The molecule has 0 aromatic carbocycles. The fourth-order valence-corrected chi connectivity index (χ4v) is 2.41. The third-order valence-corrected chi connectivity index (χ3v) is 3.37. The van der Waals surface area contributed by atoms with Crippen molar-refractivity contribution in [3.8, 4) is 0 Å². The molecule has 1 heterocycles. The van der Waals surface area contributed by atoms with E-state index in [9.17, 15) is 9.59 Å². The molecule has 4 nitrogen and oxygen atoms in total. The molecule has 0 aliphatic rings. The van der Waals surface area contributed by atoms with E-state index in [0.717, 1.165) is 4.88 Å². The molecular weight excluding hydrogens is 250 g/mol. The average molecular weight is 269 g/mol. The summed E-state index contributed by atoms with van der Waals surface area (Å²) in [6.07, 6.45) is 1.06. The van der Waals surface area contributed by atoms with Gasteiger partial charge in [0, 0.05) is 17.8 Å². The summed E-state index contributed by atoms with van der Waals surface area (Å²) in [6.45, 7) is 4.24. The second-order valence-corrected chi connectivity index (χ2v) is 5.67. The van der Waals surface area contributed by atoms with E-state index < -0.39 is 5.97 Å². The van der Waals surface area contributed by atoms with Crippen LogP contribution in [0.25, 0.3) is 0 Å².